The molecule has 1 aromatic rings. The van der Waals surface area contributed by atoms with Gasteiger partial charge in [-0.2, -0.15) is 5.26 Å². The van der Waals surface area contributed by atoms with Crippen LogP contribution in [0.15, 0.2) is 24.3 Å². The minimum Gasteiger partial charge on any atom is -0.356 e. The van der Waals surface area contributed by atoms with E-state index in [1.165, 1.54) is 0 Å². The number of rotatable bonds is 8. The summed E-state index contributed by atoms with van der Waals surface area (Å²) < 4.78 is 25.1. The molecule has 0 saturated heterocycles. The standard InChI is InChI=1S/C16H23N3O3S/c1-13(2)8-10-18-16(20)9-11-19(23(3,21)22)15-7-5-4-6-14(15)12-17/h4-7,13H,8-11H2,1-3H3,(H,18,20). The van der Waals surface area contributed by atoms with Crippen LogP contribution in [-0.2, 0) is 14.8 Å². The van der Waals surface area contributed by atoms with Crippen LogP contribution in [0.5, 0.6) is 0 Å². The fraction of sp³-hybridized carbons (Fsp3) is 0.500. The predicted octanol–water partition coefficient (Wildman–Crippen LogP) is 1.88. The maximum Gasteiger partial charge on any atom is 0.232 e. The van der Waals surface area contributed by atoms with E-state index in [0.717, 1.165) is 17.0 Å². The molecule has 0 fully saturated rings. The van der Waals surface area contributed by atoms with E-state index in [4.69, 9.17) is 5.26 Å². The van der Waals surface area contributed by atoms with E-state index >= 15 is 0 Å². The zero-order valence-corrected chi connectivity index (χ0v) is 14.6. The van der Waals surface area contributed by atoms with Crippen molar-refractivity contribution in [2.45, 2.75) is 26.7 Å². The molecule has 0 aromatic heterocycles. The third-order valence-corrected chi connectivity index (χ3v) is 4.46. The lowest BCUT2D eigenvalue weighted by Gasteiger charge is -2.23. The molecular formula is C16H23N3O3S. The smallest absolute Gasteiger partial charge is 0.232 e. The van der Waals surface area contributed by atoms with E-state index in [0.29, 0.717) is 18.2 Å². The molecule has 0 radical (unpaired) electrons. The topological polar surface area (TPSA) is 90.3 Å². The first kappa shape index (κ1) is 19.0. The lowest BCUT2D eigenvalue weighted by Crippen LogP contribution is -2.35. The van der Waals surface area contributed by atoms with Crippen molar-refractivity contribution in [1.82, 2.24) is 5.32 Å². The van der Waals surface area contributed by atoms with Crippen molar-refractivity contribution in [2.75, 3.05) is 23.7 Å². The zero-order valence-electron chi connectivity index (χ0n) is 13.7. The molecule has 0 aliphatic carbocycles. The lowest BCUT2D eigenvalue weighted by atomic mass is 10.1. The van der Waals surface area contributed by atoms with Gasteiger partial charge in [0.1, 0.15) is 6.07 Å². The second-order valence-electron chi connectivity index (χ2n) is 5.75. The number of nitriles is 1. The Hall–Kier alpha value is -2.07. The van der Waals surface area contributed by atoms with Gasteiger partial charge < -0.3 is 5.32 Å². The molecule has 0 aliphatic rings. The van der Waals surface area contributed by atoms with Crippen LogP contribution >= 0.6 is 0 Å². The Morgan fingerprint density at radius 2 is 2.00 bits per heavy atom. The van der Waals surface area contributed by atoms with Gasteiger partial charge in [-0.1, -0.05) is 26.0 Å². The molecule has 0 aliphatic heterocycles. The third-order valence-electron chi connectivity index (χ3n) is 3.28. The number of carbonyl (C=O) groups excluding carboxylic acids is 1. The quantitative estimate of drug-likeness (QED) is 0.784. The van der Waals surface area contributed by atoms with Crippen LogP contribution in [0.2, 0.25) is 0 Å². The first-order valence-corrected chi connectivity index (χ1v) is 9.34. The summed E-state index contributed by atoms with van der Waals surface area (Å²) in [5, 5.41) is 11.9. The van der Waals surface area contributed by atoms with E-state index in [2.05, 4.69) is 19.2 Å². The van der Waals surface area contributed by atoms with E-state index in [9.17, 15) is 13.2 Å². The van der Waals surface area contributed by atoms with Gasteiger partial charge >= 0.3 is 0 Å². The number of nitrogens with one attached hydrogen (secondary N) is 1. The third kappa shape index (κ3) is 6.28. The summed E-state index contributed by atoms with van der Waals surface area (Å²) in [4.78, 5) is 11.8. The first-order chi connectivity index (χ1) is 10.8. The highest BCUT2D eigenvalue weighted by Crippen LogP contribution is 2.22. The Labute approximate surface area is 138 Å². The predicted molar refractivity (Wildman–Crippen MR) is 90.4 cm³/mol. The van der Waals surface area contributed by atoms with Crippen molar-refractivity contribution >= 4 is 21.6 Å². The molecule has 7 heteroatoms. The Morgan fingerprint density at radius 1 is 1.35 bits per heavy atom. The SMILES string of the molecule is CC(C)CCNC(=O)CCN(c1ccccc1C#N)S(C)(=O)=O. The molecule has 0 heterocycles. The van der Waals surface area contributed by atoms with Gasteiger partial charge in [-0.3, -0.25) is 9.10 Å². The number of hydrogen-bond acceptors (Lipinski definition) is 4. The van der Waals surface area contributed by atoms with E-state index in [1.807, 2.05) is 6.07 Å². The molecule has 6 nitrogen and oxygen atoms in total. The van der Waals surface area contributed by atoms with Gasteiger partial charge in [0.25, 0.3) is 0 Å². The second-order valence-corrected chi connectivity index (χ2v) is 7.65. The van der Waals surface area contributed by atoms with Crippen molar-refractivity contribution in [3.63, 3.8) is 0 Å². The summed E-state index contributed by atoms with van der Waals surface area (Å²) in [5.41, 5.74) is 0.561. The van der Waals surface area contributed by atoms with Crippen molar-refractivity contribution in [3.8, 4) is 6.07 Å². The number of sulfonamides is 1. The number of benzene rings is 1. The molecule has 1 N–H and O–H groups in total. The average Bonchev–Trinajstić information content (AvgIpc) is 2.46. The van der Waals surface area contributed by atoms with Gasteiger partial charge in [-0.25, -0.2) is 8.42 Å². The molecule has 23 heavy (non-hydrogen) atoms. The molecule has 0 atom stereocenters. The Balaban J connectivity index is 2.79. The van der Waals surface area contributed by atoms with Crippen LogP contribution in [0.3, 0.4) is 0 Å². The van der Waals surface area contributed by atoms with Gasteiger partial charge in [0.05, 0.1) is 17.5 Å². The van der Waals surface area contributed by atoms with Gasteiger partial charge in [0, 0.05) is 19.5 Å². The van der Waals surface area contributed by atoms with Crippen molar-refractivity contribution < 1.29 is 13.2 Å². The number of para-hydroxylation sites is 1. The molecular weight excluding hydrogens is 314 g/mol. The Kier molecular flexibility index (Phi) is 7.04. The Bertz CT molecular complexity index is 678. The summed E-state index contributed by atoms with van der Waals surface area (Å²) in [6.07, 6.45) is 1.99. The molecule has 1 amide bonds. The van der Waals surface area contributed by atoms with Crippen LogP contribution < -0.4 is 9.62 Å². The average molecular weight is 337 g/mol. The van der Waals surface area contributed by atoms with Gasteiger partial charge in [-0.15, -0.1) is 0 Å². The lowest BCUT2D eigenvalue weighted by molar-refractivity contribution is -0.120. The number of carbonyl (C=O) groups is 1. The van der Waals surface area contributed by atoms with E-state index in [-0.39, 0.29) is 24.4 Å². The monoisotopic (exact) mass is 337 g/mol. The zero-order chi connectivity index (χ0) is 17.5. The number of anilines is 1. The minimum absolute atomic E-state index is 0.00500. The second kappa shape index (κ2) is 8.53. The highest BCUT2D eigenvalue weighted by atomic mass is 32.2. The van der Waals surface area contributed by atoms with Crippen LogP contribution in [-0.4, -0.2) is 33.7 Å². The maximum atomic E-state index is 12.0. The number of amides is 1. The summed E-state index contributed by atoms with van der Waals surface area (Å²) in [6.45, 7) is 4.71. The van der Waals surface area contributed by atoms with Gasteiger partial charge in [-0.05, 0) is 24.5 Å². The highest BCUT2D eigenvalue weighted by molar-refractivity contribution is 7.92. The van der Waals surface area contributed by atoms with Crippen LogP contribution in [0.1, 0.15) is 32.3 Å². The molecule has 126 valence electrons. The summed E-state index contributed by atoms with van der Waals surface area (Å²) in [5.74, 6) is 0.291. The highest BCUT2D eigenvalue weighted by Gasteiger charge is 2.21. The maximum absolute atomic E-state index is 12.0. The van der Waals surface area contributed by atoms with Gasteiger partial charge in [0.2, 0.25) is 15.9 Å². The van der Waals surface area contributed by atoms with Crippen molar-refractivity contribution in [2.24, 2.45) is 5.92 Å². The molecule has 0 spiro atoms. The first-order valence-electron chi connectivity index (χ1n) is 7.49. The number of hydrogen-bond donors (Lipinski definition) is 1. The minimum atomic E-state index is -3.58. The molecule has 1 aromatic carbocycles. The molecule has 0 saturated carbocycles. The van der Waals surface area contributed by atoms with E-state index in [1.54, 1.807) is 24.3 Å². The van der Waals surface area contributed by atoms with Crippen LogP contribution in [0.4, 0.5) is 5.69 Å². The summed E-state index contributed by atoms with van der Waals surface area (Å²) in [7, 11) is -3.58. The van der Waals surface area contributed by atoms with E-state index < -0.39 is 10.0 Å². The summed E-state index contributed by atoms with van der Waals surface area (Å²) >= 11 is 0. The fourth-order valence-electron chi connectivity index (χ4n) is 2.04. The normalized spacial score (nSPS) is 11.1. The fourth-order valence-corrected chi connectivity index (χ4v) is 2.98. The van der Waals surface area contributed by atoms with Crippen LogP contribution in [0, 0.1) is 17.2 Å². The van der Waals surface area contributed by atoms with Crippen molar-refractivity contribution in [3.05, 3.63) is 29.8 Å². The van der Waals surface area contributed by atoms with Crippen LogP contribution in [0.25, 0.3) is 0 Å². The number of nitrogens with zero attached hydrogens (tertiary/aromatic N) is 2. The molecule has 1 rings (SSSR count). The van der Waals surface area contributed by atoms with Gasteiger partial charge in [0.15, 0.2) is 0 Å². The molecule has 0 unspecified atom stereocenters. The molecule has 0 bridgehead atoms. The van der Waals surface area contributed by atoms with Crippen molar-refractivity contribution in [1.29, 1.82) is 5.26 Å². The largest absolute Gasteiger partial charge is 0.356 e. The summed E-state index contributed by atoms with van der Waals surface area (Å²) in [6, 6.07) is 8.42. The Morgan fingerprint density at radius 3 is 2.57 bits per heavy atom.